The average molecular weight is 375 g/mol. The molecule has 1 heterocycles. The minimum absolute atomic E-state index is 0.213. The van der Waals surface area contributed by atoms with Crippen LogP contribution >= 0.6 is 35.1 Å². The van der Waals surface area contributed by atoms with Gasteiger partial charge in [0.05, 0.1) is 22.3 Å². The van der Waals surface area contributed by atoms with Gasteiger partial charge in [0.15, 0.2) is 4.34 Å². The highest BCUT2D eigenvalue weighted by Gasteiger charge is 2.05. The molecular formula is C14H18N2O4S3. The summed E-state index contributed by atoms with van der Waals surface area (Å²) in [5, 5.41) is 8.51. The van der Waals surface area contributed by atoms with Crippen LogP contribution in [0.25, 0.3) is 10.2 Å². The molecule has 0 aliphatic carbocycles. The maximum absolute atomic E-state index is 10.3. The first-order valence-electron chi connectivity index (χ1n) is 7.08. The highest BCUT2D eigenvalue weighted by Crippen LogP contribution is 2.31. The summed E-state index contributed by atoms with van der Waals surface area (Å²) in [5.41, 5.74) is 3.64. The molecule has 0 fully saturated rings. The fourth-order valence-electron chi connectivity index (χ4n) is 1.80. The summed E-state index contributed by atoms with van der Waals surface area (Å²) in [7, 11) is 0. The molecule has 0 atom stereocenters. The first-order chi connectivity index (χ1) is 11.2. The van der Waals surface area contributed by atoms with E-state index in [9.17, 15) is 4.79 Å². The molecule has 1 aromatic carbocycles. The van der Waals surface area contributed by atoms with Crippen molar-refractivity contribution in [1.82, 2.24) is 10.5 Å². The van der Waals surface area contributed by atoms with Crippen LogP contribution in [-0.4, -0.2) is 28.9 Å². The van der Waals surface area contributed by atoms with Crippen molar-refractivity contribution in [2.24, 2.45) is 0 Å². The molecule has 2 N–H and O–H groups in total. The van der Waals surface area contributed by atoms with Gasteiger partial charge in [-0.2, -0.15) is 5.48 Å². The Hall–Kier alpha value is -0.840. The summed E-state index contributed by atoms with van der Waals surface area (Å²) in [5.74, 6) is -0.754. The Morgan fingerprint density at radius 1 is 1.39 bits per heavy atom. The number of carboxylic acids is 1. The number of hydrogen-bond acceptors (Lipinski definition) is 8. The number of fused-ring (bicyclic) bond motifs is 1. The van der Waals surface area contributed by atoms with E-state index in [-0.39, 0.29) is 6.42 Å². The number of nitrogens with one attached hydrogen (secondary N) is 1. The van der Waals surface area contributed by atoms with Crippen LogP contribution in [0.5, 0.6) is 0 Å². The Bertz CT molecular complexity index is 636. The molecule has 23 heavy (non-hydrogen) atoms. The lowest BCUT2D eigenvalue weighted by atomic mass is 10.2. The molecule has 0 bridgehead atoms. The van der Waals surface area contributed by atoms with Crippen LogP contribution in [-0.2, 0) is 14.1 Å². The summed E-state index contributed by atoms with van der Waals surface area (Å²) in [6, 6.07) is 5.95. The number of carboxylic acid groups (broad SMARTS) is 1. The molecular weight excluding hydrogens is 356 g/mol. The topological polar surface area (TPSA) is 80.7 Å². The molecule has 0 saturated carbocycles. The standard InChI is InChI=1S/C14H18N2O4S3/c1-21-14-16-11-9-10(6-7-12(11)22-14)23-20-19-15-8-4-2-3-5-13(17)18/h6-7,9,15H,2-5,8H2,1H3,(H,17,18). The maximum Gasteiger partial charge on any atom is 0.303 e. The number of hydrogen-bond donors (Lipinski definition) is 2. The third-order valence-corrected chi connectivity index (χ3v) is 5.51. The Balaban J connectivity index is 1.60. The van der Waals surface area contributed by atoms with Crippen molar-refractivity contribution in [1.29, 1.82) is 0 Å². The highest BCUT2D eigenvalue weighted by atomic mass is 32.2. The van der Waals surface area contributed by atoms with E-state index < -0.39 is 5.97 Å². The SMILES string of the molecule is CSc1nc2cc(SOONCCCCCC(=O)O)ccc2s1. The van der Waals surface area contributed by atoms with Crippen molar-refractivity contribution in [2.75, 3.05) is 12.8 Å². The Labute approximate surface area is 147 Å². The monoisotopic (exact) mass is 374 g/mol. The van der Waals surface area contributed by atoms with Crippen LogP contribution in [0.3, 0.4) is 0 Å². The van der Waals surface area contributed by atoms with Gasteiger partial charge in [-0.25, -0.2) is 4.98 Å². The molecule has 0 radical (unpaired) electrons. The molecule has 126 valence electrons. The van der Waals surface area contributed by atoms with Gasteiger partial charge in [0, 0.05) is 17.9 Å². The third kappa shape index (κ3) is 6.66. The molecule has 2 rings (SSSR count). The van der Waals surface area contributed by atoms with Crippen molar-refractivity contribution in [3.63, 3.8) is 0 Å². The van der Waals surface area contributed by atoms with Crippen molar-refractivity contribution in [3.8, 4) is 0 Å². The second-order valence-electron chi connectivity index (χ2n) is 4.65. The van der Waals surface area contributed by atoms with Gasteiger partial charge in [-0.05, 0) is 37.3 Å². The van der Waals surface area contributed by atoms with E-state index in [0.717, 1.165) is 44.3 Å². The molecule has 9 heteroatoms. The van der Waals surface area contributed by atoms with Crippen molar-refractivity contribution >= 4 is 51.3 Å². The number of rotatable bonds is 11. The van der Waals surface area contributed by atoms with E-state index in [1.54, 1.807) is 23.1 Å². The molecule has 0 unspecified atom stereocenters. The van der Waals surface area contributed by atoms with Gasteiger partial charge < -0.3 is 5.11 Å². The molecule has 6 nitrogen and oxygen atoms in total. The molecule has 0 amide bonds. The molecule has 0 spiro atoms. The number of nitrogens with zero attached hydrogens (tertiary/aromatic N) is 1. The van der Waals surface area contributed by atoms with Gasteiger partial charge in [-0.3, -0.25) is 4.79 Å². The average Bonchev–Trinajstić information content (AvgIpc) is 2.95. The summed E-state index contributed by atoms with van der Waals surface area (Å²) >= 11 is 4.43. The predicted molar refractivity (Wildman–Crippen MR) is 93.5 cm³/mol. The number of unbranched alkanes of at least 4 members (excludes halogenated alkanes) is 2. The summed E-state index contributed by atoms with van der Waals surface area (Å²) in [4.78, 5) is 20.6. The number of hydroxylamine groups is 1. The van der Waals surface area contributed by atoms with Gasteiger partial charge in [0.2, 0.25) is 0 Å². The van der Waals surface area contributed by atoms with Gasteiger partial charge >= 0.3 is 5.97 Å². The lowest BCUT2D eigenvalue weighted by Gasteiger charge is -2.03. The highest BCUT2D eigenvalue weighted by molar-refractivity contribution is 8.00. The van der Waals surface area contributed by atoms with E-state index in [4.69, 9.17) is 14.4 Å². The van der Waals surface area contributed by atoms with E-state index in [1.165, 1.54) is 0 Å². The van der Waals surface area contributed by atoms with Crippen LogP contribution in [0.4, 0.5) is 0 Å². The minimum atomic E-state index is -0.754. The number of thiazole rings is 1. The molecule has 0 saturated heterocycles. The van der Waals surface area contributed by atoms with E-state index >= 15 is 0 Å². The number of aromatic nitrogens is 1. The second-order valence-corrected chi connectivity index (χ2v) is 7.51. The lowest BCUT2D eigenvalue weighted by Crippen LogP contribution is -2.14. The molecule has 0 aliphatic rings. The molecule has 0 aliphatic heterocycles. The zero-order chi connectivity index (χ0) is 16.5. The first-order valence-corrected chi connectivity index (χ1v) is 9.87. The molecule has 1 aromatic heterocycles. The Morgan fingerprint density at radius 2 is 2.26 bits per heavy atom. The maximum atomic E-state index is 10.3. The van der Waals surface area contributed by atoms with Gasteiger partial charge in [-0.1, -0.05) is 18.2 Å². The predicted octanol–water partition coefficient (Wildman–Crippen LogP) is 4.12. The van der Waals surface area contributed by atoms with Crippen LogP contribution in [0, 0.1) is 0 Å². The normalized spacial score (nSPS) is 11.2. The Kier molecular flexibility index (Phi) is 8.13. The first kappa shape index (κ1) is 18.5. The zero-order valence-electron chi connectivity index (χ0n) is 12.6. The van der Waals surface area contributed by atoms with Crippen molar-refractivity contribution in [3.05, 3.63) is 18.2 Å². The van der Waals surface area contributed by atoms with Crippen LogP contribution in [0.15, 0.2) is 27.4 Å². The fraction of sp³-hybridized carbons (Fsp3) is 0.429. The van der Waals surface area contributed by atoms with Crippen molar-refractivity contribution in [2.45, 2.75) is 34.9 Å². The van der Waals surface area contributed by atoms with Gasteiger partial charge in [0.25, 0.3) is 0 Å². The number of carbonyl (C=O) groups is 1. The zero-order valence-corrected chi connectivity index (χ0v) is 15.1. The Morgan fingerprint density at radius 3 is 3.04 bits per heavy atom. The smallest absolute Gasteiger partial charge is 0.303 e. The number of aliphatic carboxylic acids is 1. The van der Waals surface area contributed by atoms with Crippen LogP contribution < -0.4 is 5.48 Å². The van der Waals surface area contributed by atoms with Gasteiger partial charge in [0.1, 0.15) is 0 Å². The quantitative estimate of drug-likeness (QED) is 0.200. The minimum Gasteiger partial charge on any atom is -0.481 e. The number of benzene rings is 1. The van der Waals surface area contributed by atoms with E-state index in [2.05, 4.69) is 10.5 Å². The second kappa shape index (κ2) is 10.1. The van der Waals surface area contributed by atoms with Crippen LogP contribution in [0.2, 0.25) is 0 Å². The van der Waals surface area contributed by atoms with Crippen molar-refractivity contribution < 1.29 is 19.2 Å². The van der Waals surface area contributed by atoms with Gasteiger partial charge in [-0.15, -0.1) is 20.7 Å². The third-order valence-electron chi connectivity index (χ3n) is 2.91. The number of thioether (sulfide) groups is 1. The van der Waals surface area contributed by atoms with E-state index in [0.29, 0.717) is 13.0 Å². The fourth-order valence-corrected chi connectivity index (χ4v) is 3.71. The lowest BCUT2D eigenvalue weighted by molar-refractivity contribution is -0.244. The largest absolute Gasteiger partial charge is 0.481 e. The summed E-state index contributed by atoms with van der Waals surface area (Å²) in [6.07, 6.45) is 4.58. The van der Waals surface area contributed by atoms with Crippen LogP contribution in [0.1, 0.15) is 25.7 Å². The molecule has 2 aromatic rings. The summed E-state index contributed by atoms with van der Waals surface area (Å²) in [6.45, 7) is 0.613. The summed E-state index contributed by atoms with van der Waals surface area (Å²) < 4.78 is 7.23. The van der Waals surface area contributed by atoms with E-state index in [1.807, 2.05) is 24.5 Å².